The Morgan fingerprint density at radius 1 is 1.44 bits per heavy atom. The van der Waals surface area contributed by atoms with E-state index in [4.69, 9.17) is 4.74 Å². The van der Waals surface area contributed by atoms with E-state index in [2.05, 4.69) is 19.2 Å². The second kappa shape index (κ2) is 7.01. The molecule has 0 bridgehead atoms. The highest BCUT2D eigenvalue weighted by Crippen LogP contribution is 2.19. The molecule has 0 saturated carbocycles. The maximum absolute atomic E-state index is 11.3. The number of rotatable bonds is 7. The largest absolute Gasteiger partial charge is 0.497 e. The summed E-state index contributed by atoms with van der Waals surface area (Å²) in [6.07, 6.45) is 0.952. The first-order valence-corrected chi connectivity index (χ1v) is 6.14. The van der Waals surface area contributed by atoms with Crippen LogP contribution in [0.4, 0.5) is 0 Å². The van der Waals surface area contributed by atoms with Crippen molar-refractivity contribution in [3.63, 3.8) is 0 Å². The van der Waals surface area contributed by atoms with Gasteiger partial charge in [0, 0.05) is 0 Å². The maximum Gasteiger partial charge on any atom is 0.325 e. The lowest BCUT2D eigenvalue weighted by Gasteiger charge is -2.16. The van der Waals surface area contributed by atoms with Crippen LogP contribution in [0, 0.1) is 5.92 Å². The molecule has 0 aliphatic carbocycles. The highest BCUT2D eigenvalue weighted by atomic mass is 16.5. The van der Waals surface area contributed by atoms with Crippen LogP contribution in [0.25, 0.3) is 0 Å². The third-order valence-corrected chi connectivity index (χ3v) is 2.74. The molecule has 1 aromatic rings. The Bertz CT molecular complexity index is 390. The van der Waals surface area contributed by atoms with Crippen LogP contribution in [0.5, 0.6) is 5.75 Å². The SMILES string of the molecule is COc1cccc(C(NCCC(C)C)C(=O)O)c1. The van der Waals surface area contributed by atoms with Gasteiger partial charge in [-0.25, -0.2) is 0 Å². The van der Waals surface area contributed by atoms with E-state index in [-0.39, 0.29) is 0 Å². The Hall–Kier alpha value is -1.55. The number of hydrogen-bond donors (Lipinski definition) is 2. The molecule has 1 rings (SSSR count). The zero-order valence-electron chi connectivity index (χ0n) is 11.1. The summed E-state index contributed by atoms with van der Waals surface area (Å²) >= 11 is 0. The van der Waals surface area contributed by atoms with Crippen LogP contribution in [-0.4, -0.2) is 24.7 Å². The number of ether oxygens (including phenoxy) is 1. The van der Waals surface area contributed by atoms with Gasteiger partial charge in [0.2, 0.25) is 0 Å². The molecule has 0 saturated heterocycles. The fraction of sp³-hybridized carbons (Fsp3) is 0.500. The Balaban J connectivity index is 2.74. The summed E-state index contributed by atoms with van der Waals surface area (Å²) in [7, 11) is 1.57. The molecule has 0 fully saturated rings. The Labute approximate surface area is 108 Å². The first kappa shape index (κ1) is 14.5. The Morgan fingerprint density at radius 2 is 2.17 bits per heavy atom. The van der Waals surface area contributed by atoms with E-state index in [1.165, 1.54) is 0 Å². The number of benzene rings is 1. The van der Waals surface area contributed by atoms with Crippen molar-refractivity contribution in [2.75, 3.05) is 13.7 Å². The number of carboxylic acids is 1. The van der Waals surface area contributed by atoms with E-state index < -0.39 is 12.0 Å². The third-order valence-electron chi connectivity index (χ3n) is 2.74. The monoisotopic (exact) mass is 251 g/mol. The topological polar surface area (TPSA) is 58.6 Å². The number of methoxy groups -OCH3 is 1. The molecule has 0 heterocycles. The predicted molar refractivity (Wildman–Crippen MR) is 70.8 cm³/mol. The molecule has 0 aliphatic heterocycles. The molecule has 0 aromatic heterocycles. The smallest absolute Gasteiger partial charge is 0.325 e. The zero-order valence-corrected chi connectivity index (χ0v) is 11.1. The minimum atomic E-state index is -0.869. The fourth-order valence-corrected chi connectivity index (χ4v) is 1.69. The number of carbonyl (C=O) groups is 1. The van der Waals surface area contributed by atoms with Crippen molar-refractivity contribution < 1.29 is 14.6 Å². The molecule has 0 radical (unpaired) electrons. The number of aliphatic carboxylic acids is 1. The van der Waals surface area contributed by atoms with E-state index in [0.29, 0.717) is 23.8 Å². The number of nitrogens with one attached hydrogen (secondary N) is 1. The van der Waals surface area contributed by atoms with Crippen molar-refractivity contribution in [3.05, 3.63) is 29.8 Å². The highest BCUT2D eigenvalue weighted by molar-refractivity contribution is 5.75. The van der Waals surface area contributed by atoms with Gasteiger partial charge in [-0.1, -0.05) is 26.0 Å². The summed E-state index contributed by atoms with van der Waals surface area (Å²) in [4.78, 5) is 11.3. The molecule has 18 heavy (non-hydrogen) atoms. The van der Waals surface area contributed by atoms with Crippen molar-refractivity contribution >= 4 is 5.97 Å². The minimum absolute atomic E-state index is 0.553. The molecule has 0 amide bonds. The fourth-order valence-electron chi connectivity index (χ4n) is 1.69. The van der Waals surface area contributed by atoms with Gasteiger partial charge in [-0.05, 0) is 36.6 Å². The van der Waals surface area contributed by atoms with Gasteiger partial charge >= 0.3 is 5.97 Å². The summed E-state index contributed by atoms with van der Waals surface area (Å²) in [5.41, 5.74) is 0.714. The zero-order chi connectivity index (χ0) is 13.5. The Kier molecular flexibility index (Phi) is 5.65. The van der Waals surface area contributed by atoms with Gasteiger partial charge in [-0.15, -0.1) is 0 Å². The summed E-state index contributed by atoms with van der Waals surface area (Å²) in [6, 6.07) is 6.47. The molecular formula is C14H21NO3. The first-order chi connectivity index (χ1) is 8.54. The van der Waals surface area contributed by atoms with Gasteiger partial charge in [0.15, 0.2) is 0 Å². The highest BCUT2D eigenvalue weighted by Gasteiger charge is 2.19. The maximum atomic E-state index is 11.3. The third kappa shape index (κ3) is 4.37. The molecule has 0 spiro atoms. The van der Waals surface area contributed by atoms with Gasteiger partial charge < -0.3 is 15.2 Å². The van der Waals surface area contributed by atoms with Crippen LogP contribution in [0.1, 0.15) is 31.9 Å². The van der Waals surface area contributed by atoms with Crippen LogP contribution < -0.4 is 10.1 Å². The molecule has 1 unspecified atom stereocenters. The van der Waals surface area contributed by atoms with Gasteiger partial charge in [0.1, 0.15) is 11.8 Å². The predicted octanol–water partition coefficient (Wildman–Crippen LogP) is 2.46. The van der Waals surface area contributed by atoms with Crippen LogP contribution >= 0.6 is 0 Å². The summed E-state index contributed by atoms with van der Waals surface area (Å²) in [5.74, 6) is 0.355. The molecule has 2 N–H and O–H groups in total. The lowest BCUT2D eigenvalue weighted by molar-refractivity contribution is -0.139. The van der Waals surface area contributed by atoms with Crippen molar-refractivity contribution in [2.24, 2.45) is 5.92 Å². The lowest BCUT2D eigenvalue weighted by Crippen LogP contribution is -2.29. The minimum Gasteiger partial charge on any atom is -0.497 e. The average molecular weight is 251 g/mol. The van der Waals surface area contributed by atoms with Gasteiger partial charge in [0.05, 0.1) is 7.11 Å². The molecule has 100 valence electrons. The van der Waals surface area contributed by atoms with Gasteiger partial charge in [0.25, 0.3) is 0 Å². The van der Waals surface area contributed by atoms with E-state index in [0.717, 1.165) is 6.42 Å². The normalized spacial score (nSPS) is 12.4. The van der Waals surface area contributed by atoms with E-state index >= 15 is 0 Å². The number of hydrogen-bond acceptors (Lipinski definition) is 3. The second-order valence-electron chi connectivity index (χ2n) is 4.68. The van der Waals surface area contributed by atoms with Crippen molar-refractivity contribution in [1.29, 1.82) is 0 Å². The van der Waals surface area contributed by atoms with E-state index in [1.54, 1.807) is 31.4 Å². The second-order valence-corrected chi connectivity index (χ2v) is 4.68. The molecule has 1 atom stereocenters. The quantitative estimate of drug-likeness (QED) is 0.781. The van der Waals surface area contributed by atoms with Crippen molar-refractivity contribution in [1.82, 2.24) is 5.32 Å². The molecule has 1 aromatic carbocycles. The van der Waals surface area contributed by atoms with Crippen LogP contribution in [0.15, 0.2) is 24.3 Å². The molecule has 0 aliphatic rings. The standard InChI is InChI=1S/C14H21NO3/c1-10(2)7-8-15-13(14(16)17)11-5-4-6-12(9-11)18-3/h4-6,9-10,13,15H,7-8H2,1-3H3,(H,16,17). The lowest BCUT2D eigenvalue weighted by atomic mass is 10.1. The van der Waals surface area contributed by atoms with Gasteiger partial charge in [-0.3, -0.25) is 4.79 Å². The van der Waals surface area contributed by atoms with E-state index in [9.17, 15) is 9.90 Å². The van der Waals surface area contributed by atoms with Crippen LogP contribution in [-0.2, 0) is 4.79 Å². The molecule has 4 heteroatoms. The first-order valence-electron chi connectivity index (χ1n) is 6.14. The summed E-state index contributed by atoms with van der Waals surface area (Å²) in [6.45, 7) is 4.91. The number of carboxylic acid groups (broad SMARTS) is 1. The summed E-state index contributed by atoms with van der Waals surface area (Å²) < 4.78 is 5.11. The Morgan fingerprint density at radius 3 is 2.72 bits per heavy atom. The van der Waals surface area contributed by atoms with Crippen LogP contribution in [0.2, 0.25) is 0 Å². The van der Waals surface area contributed by atoms with Gasteiger partial charge in [-0.2, -0.15) is 0 Å². The van der Waals surface area contributed by atoms with Crippen molar-refractivity contribution in [3.8, 4) is 5.75 Å². The van der Waals surface area contributed by atoms with Crippen molar-refractivity contribution in [2.45, 2.75) is 26.3 Å². The molecule has 4 nitrogen and oxygen atoms in total. The average Bonchev–Trinajstić information content (AvgIpc) is 2.34. The molecular weight excluding hydrogens is 230 g/mol. The van der Waals surface area contributed by atoms with E-state index in [1.807, 2.05) is 0 Å². The summed E-state index contributed by atoms with van der Waals surface area (Å²) in [5, 5.41) is 12.3. The van der Waals surface area contributed by atoms with Crippen LogP contribution in [0.3, 0.4) is 0 Å².